The molecule has 10 heteroatoms. The first-order valence-electron chi connectivity index (χ1n) is 8.48. The van der Waals surface area contributed by atoms with Crippen molar-refractivity contribution in [3.63, 3.8) is 0 Å². The lowest BCUT2D eigenvalue weighted by molar-refractivity contribution is -0.360. The molecule has 0 radical (unpaired) electrons. The number of hydrogen-bond acceptors (Lipinski definition) is 4. The summed E-state index contributed by atoms with van der Waals surface area (Å²) in [6, 6.07) is -5.21. The molecule has 0 bridgehead atoms. The van der Waals surface area contributed by atoms with Gasteiger partial charge in [0.1, 0.15) is 0 Å². The van der Waals surface area contributed by atoms with Crippen molar-refractivity contribution < 1.29 is 35.5 Å². The maximum Gasteiger partial charge on any atom is 0.483 e. The molecule has 0 heterocycles. The molecule has 0 aromatic rings. The van der Waals surface area contributed by atoms with Crippen LogP contribution >= 0.6 is 0 Å². The van der Waals surface area contributed by atoms with Gasteiger partial charge in [-0.15, -0.1) is 4.31 Å². The van der Waals surface area contributed by atoms with Gasteiger partial charge in [0.25, 0.3) is 0 Å². The Morgan fingerprint density at radius 3 is 2.00 bits per heavy atom. The molecule has 0 saturated heterocycles. The number of esters is 1. The Morgan fingerprint density at radius 2 is 1.54 bits per heavy atom. The molecule has 0 aliphatic rings. The number of halogens is 4. The van der Waals surface area contributed by atoms with Crippen LogP contribution in [0.2, 0.25) is 0 Å². The van der Waals surface area contributed by atoms with Crippen molar-refractivity contribution in [1.82, 2.24) is 4.31 Å². The molecule has 0 aromatic heterocycles. The summed E-state index contributed by atoms with van der Waals surface area (Å²) >= 11 is 0. The van der Waals surface area contributed by atoms with Crippen LogP contribution in [0.15, 0.2) is 12.2 Å². The fraction of sp³-hybridized carbons (Fsp3) is 0.812. The van der Waals surface area contributed by atoms with Gasteiger partial charge in [0.05, 0.1) is 5.75 Å². The van der Waals surface area contributed by atoms with Crippen molar-refractivity contribution in [1.29, 1.82) is 0 Å². The van der Waals surface area contributed by atoms with Gasteiger partial charge in [0.2, 0.25) is 10.0 Å². The summed E-state index contributed by atoms with van der Waals surface area (Å²) in [4.78, 5) is 11.2. The first-order valence-corrected chi connectivity index (χ1v) is 10.1. The van der Waals surface area contributed by atoms with E-state index < -0.39 is 50.3 Å². The number of sulfonamides is 1. The summed E-state index contributed by atoms with van der Waals surface area (Å²) < 4.78 is 82.9. The Morgan fingerprint density at radius 1 is 1.04 bits per heavy atom. The van der Waals surface area contributed by atoms with Gasteiger partial charge in [-0.2, -0.15) is 17.6 Å². The molecule has 0 spiro atoms. The zero-order chi connectivity index (χ0) is 20.6. The molecule has 0 unspecified atom stereocenters. The van der Waals surface area contributed by atoms with Crippen molar-refractivity contribution in [2.24, 2.45) is 0 Å². The number of nitrogens with zero attached hydrogens (tertiary/aromatic N) is 1. The lowest BCUT2D eigenvalue weighted by Gasteiger charge is -2.33. The topological polar surface area (TPSA) is 63.7 Å². The molecule has 0 saturated carbocycles. The van der Waals surface area contributed by atoms with Crippen LogP contribution in [-0.2, 0) is 19.6 Å². The van der Waals surface area contributed by atoms with Crippen molar-refractivity contribution in [3.8, 4) is 0 Å². The summed E-state index contributed by atoms with van der Waals surface area (Å²) in [6.45, 7) is 6.14. The van der Waals surface area contributed by atoms with E-state index in [-0.39, 0.29) is 6.42 Å². The average Bonchev–Trinajstić information content (AvgIpc) is 2.50. The summed E-state index contributed by atoms with van der Waals surface area (Å²) in [6.07, 6.45) is -1.16. The summed E-state index contributed by atoms with van der Waals surface area (Å²) in [5.74, 6) is -2.42. The van der Waals surface area contributed by atoms with Gasteiger partial charge >= 0.3 is 18.1 Å². The van der Waals surface area contributed by atoms with E-state index in [1.54, 1.807) is 0 Å². The molecule has 26 heavy (non-hydrogen) atoms. The number of rotatable bonds is 13. The SMILES string of the molecule is C=C(C)C(=O)OC(F)(F)C(F)(F)N(CC)S(=O)(=O)CCCCCCCC. The smallest absolute Gasteiger partial charge is 0.392 e. The number of hydrogen-bond donors (Lipinski definition) is 0. The highest BCUT2D eigenvalue weighted by Crippen LogP contribution is 2.40. The van der Waals surface area contributed by atoms with Crippen LogP contribution < -0.4 is 0 Å². The fourth-order valence-electron chi connectivity index (χ4n) is 2.16. The Labute approximate surface area is 152 Å². The lowest BCUT2D eigenvalue weighted by Crippen LogP contribution is -2.58. The van der Waals surface area contributed by atoms with Gasteiger partial charge in [-0.25, -0.2) is 13.2 Å². The minimum absolute atomic E-state index is 0.0791. The number of carbonyl (C=O) groups excluding carboxylic acids is 1. The van der Waals surface area contributed by atoms with Crippen LogP contribution in [0.3, 0.4) is 0 Å². The second-order valence-corrected chi connectivity index (χ2v) is 7.99. The second-order valence-electron chi connectivity index (χ2n) is 5.98. The highest BCUT2D eigenvalue weighted by Gasteiger charge is 2.66. The molecule has 0 rings (SSSR count). The number of alkyl halides is 4. The van der Waals surface area contributed by atoms with Crippen LogP contribution in [0.1, 0.15) is 59.3 Å². The van der Waals surface area contributed by atoms with E-state index in [0.29, 0.717) is 6.42 Å². The predicted octanol–water partition coefficient (Wildman–Crippen LogP) is 4.30. The van der Waals surface area contributed by atoms with E-state index in [2.05, 4.69) is 11.3 Å². The molecule has 0 N–H and O–H groups in total. The Bertz CT molecular complexity index is 579. The van der Waals surface area contributed by atoms with Crippen molar-refractivity contribution in [2.45, 2.75) is 71.5 Å². The minimum Gasteiger partial charge on any atom is -0.392 e. The first-order chi connectivity index (χ1) is 11.8. The third-order valence-corrected chi connectivity index (χ3v) is 5.58. The Kier molecular flexibility index (Phi) is 9.79. The summed E-state index contributed by atoms with van der Waals surface area (Å²) in [5, 5.41) is 0. The molecule has 0 aliphatic carbocycles. The van der Waals surface area contributed by atoms with Gasteiger partial charge in [-0.1, -0.05) is 52.5 Å². The number of likely N-dealkylation sites (N-methyl/N-ethyl adjacent to an activating group) is 1. The average molecular weight is 405 g/mol. The van der Waals surface area contributed by atoms with Gasteiger partial charge in [-0.3, -0.25) is 0 Å². The summed E-state index contributed by atoms with van der Waals surface area (Å²) in [7, 11) is -4.67. The Balaban J connectivity index is 5.13. The molecule has 0 amide bonds. The highest BCUT2D eigenvalue weighted by atomic mass is 32.2. The molecule has 0 atom stereocenters. The van der Waals surface area contributed by atoms with E-state index in [9.17, 15) is 30.8 Å². The van der Waals surface area contributed by atoms with E-state index in [0.717, 1.165) is 39.5 Å². The fourth-order valence-corrected chi connectivity index (χ4v) is 3.79. The van der Waals surface area contributed by atoms with Crippen LogP contribution in [0.5, 0.6) is 0 Å². The molecular weight excluding hydrogens is 378 g/mol. The van der Waals surface area contributed by atoms with Gasteiger partial charge < -0.3 is 4.74 Å². The van der Waals surface area contributed by atoms with E-state index in [1.165, 1.54) is 0 Å². The van der Waals surface area contributed by atoms with Crippen LogP contribution in [0, 0.1) is 0 Å². The first kappa shape index (κ1) is 24.8. The molecule has 0 aliphatic heterocycles. The minimum atomic E-state index is -5.33. The van der Waals surface area contributed by atoms with Crippen molar-refractivity contribution in [3.05, 3.63) is 12.2 Å². The van der Waals surface area contributed by atoms with Gasteiger partial charge in [0, 0.05) is 12.1 Å². The van der Waals surface area contributed by atoms with Crippen molar-refractivity contribution in [2.75, 3.05) is 12.3 Å². The quantitative estimate of drug-likeness (QED) is 0.151. The number of ether oxygens (including phenoxy) is 1. The monoisotopic (exact) mass is 405 g/mol. The Hall–Kier alpha value is -1.16. The highest BCUT2D eigenvalue weighted by molar-refractivity contribution is 7.89. The van der Waals surface area contributed by atoms with E-state index in [4.69, 9.17) is 0 Å². The maximum atomic E-state index is 14.2. The van der Waals surface area contributed by atoms with Gasteiger partial charge in [-0.05, 0) is 13.3 Å². The molecule has 0 fully saturated rings. The standard InChI is InChI=1S/C16H27F4NO4S/c1-5-7-8-9-10-11-12-26(23,24)21(6-2)15(17,18)16(19,20)25-14(22)13(3)4/h3,5-12H2,1-2,4H3. The number of unbranched alkanes of at least 4 members (excludes halogenated alkanes) is 5. The van der Waals surface area contributed by atoms with Crippen molar-refractivity contribution >= 4 is 16.0 Å². The molecule has 0 aromatic carbocycles. The third kappa shape index (κ3) is 6.86. The normalized spacial score (nSPS) is 13.1. The van der Waals surface area contributed by atoms with E-state index >= 15 is 0 Å². The zero-order valence-electron chi connectivity index (χ0n) is 15.4. The molecular formula is C16H27F4NO4S. The predicted molar refractivity (Wildman–Crippen MR) is 90.3 cm³/mol. The van der Waals surface area contributed by atoms with Gasteiger partial charge in [0.15, 0.2) is 0 Å². The molecule has 154 valence electrons. The van der Waals surface area contributed by atoms with Crippen LogP contribution in [0.4, 0.5) is 17.6 Å². The summed E-state index contributed by atoms with van der Waals surface area (Å²) in [5.41, 5.74) is -0.515. The largest absolute Gasteiger partial charge is 0.483 e. The maximum absolute atomic E-state index is 14.2. The zero-order valence-corrected chi connectivity index (χ0v) is 16.2. The van der Waals surface area contributed by atoms with Crippen LogP contribution in [-0.4, -0.2) is 43.1 Å². The molecule has 5 nitrogen and oxygen atoms in total. The third-order valence-electron chi connectivity index (χ3n) is 3.61. The second kappa shape index (κ2) is 10.2. The number of carbonyl (C=O) groups is 1. The lowest BCUT2D eigenvalue weighted by atomic mass is 10.1. The van der Waals surface area contributed by atoms with Crippen LogP contribution in [0.25, 0.3) is 0 Å². The van der Waals surface area contributed by atoms with E-state index in [1.807, 2.05) is 6.92 Å².